The third kappa shape index (κ3) is 5.08. The number of amides is 1. The Bertz CT molecular complexity index is 982. The molecule has 0 fully saturated rings. The molecule has 7 nitrogen and oxygen atoms in total. The summed E-state index contributed by atoms with van der Waals surface area (Å²) in [6, 6.07) is 14.9. The van der Waals surface area contributed by atoms with Crippen molar-refractivity contribution in [2.24, 2.45) is 4.99 Å². The molecule has 0 radical (unpaired) electrons. The lowest BCUT2D eigenvalue weighted by Crippen LogP contribution is -2.14. The van der Waals surface area contributed by atoms with E-state index in [-0.39, 0.29) is 12.5 Å². The fourth-order valence-corrected chi connectivity index (χ4v) is 2.65. The van der Waals surface area contributed by atoms with Crippen LogP contribution < -0.4 is 10.1 Å². The number of rotatable bonds is 8. The van der Waals surface area contributed by atoms with Crippen LogP contribution in [-0.2, 0) is 4.79 Å². The number of aliphatic imine (C=N–C) groups is 1. The first kappa shape index (κ1) is 19.4. The van der Waals surface area contributed by atoms with Crippen LogP contribution >= 0.6 is 11.8 Å². The normalized spacial score (nSPS) is 10.8. The van der Waals surface area contributed by atoms with Gasteiger partial charge in [0.25, 0.3) is 0 Å². The van der Waals surface area contributed by atoms with Crippen molar-refractivity contribution in [3.63, 3.8) is 0 Å². The standard InChI is InChI=1S/C20H19N5O2S/c1-3-28-13-21-12-18(26)22-16-9-7-14(8-10-16)19-23-20(25-24-19)15-5-4-6-17(11-15)27-2/h3-11,13H,1,12H2,2H3,(H,22,26)(H,23,24,25). The monoisotopic (exact) mass is 393 g/mol. The fraction of sp³-hybridized carbons (Fsp3) is 0.100. The number of carbonyl (C=O) groups excluding carboxylic acids is 1. The Hall–Kier alpha value is -3.39. The zero-order valence-electron chi connectivity index (χ0n) is 15.3. The van der Waals surface area contributed by atoms with Gasteiger partial charge >= 0.3 is 0 Å². The molecular weight excluding hydrogens is 374 g/mol. The van der Waals surface area contributed by atoms with Gasteiger partial charge in [-0.1, -0.05) is 30.5 Å². The van der Waals surface area contributed by atoms with Crippen LogP contribution in [-0.4, -0.2) is 40.3 Å². The highest BCUT2D eigenvalue weighted by Crippen LogP contribution is 2.24. The molecule has 8 heteroatoms. The SMILES string of the molecule is C=CSC=NCC(=O)Nc1ccc(-c2nc(-c3cccc(OC)c3)n[nH]2)cc1. The predicted octanol–water partition coefficient (Wildman–Crippen LogP) is 3.99. The van der Waals surface area contributed by atoms with Gasteiger partial charge in [-0.25, -0.2) is 4.98 Å². The highest BCUT2D eigenvalue weighted by atomic mass is 32.2. The Morgan fingerprint density at radius 1 is 1.29 bits per heavy atom. The minimum Gasteiger partial charge on any atom is -0.497 e. The third-order valence-electron chi connectivity index (χ3n) is 3.72. The van der Waals surface area contributed by atoms with Crippen molar-refractivity contribution >= 4 is 28.9 Å². The van der Waals surface area contributed by atoms with Gasteiger partial charge in [0.15, 0.2) is 11.6 Å². The average molecular weight is 393 g/mol. The minimum atomic E-state index is -0.186. The number of aromatic nitrogens is 3. The van der Waals surface area contributed by atoms with E-state index in [1.807, 2.05) is 48.5 Å². The van der Waals surface area contributed by atoms with Gasteiger partial charge < -0.3 is 10.1 Å². The zero-order chi connectivity index (χ0) is 19.8. The van der Waals surface area contributed by atoms with Gasteiger partial charge in [-0.05, 0) is 41.8 Å². The summed E-state index contributed by atoms with van der Waals surface area (Å²) in [5, 5.41) is 11.6. The van der Waals surface area contributed by atoms with Crippen molar-refractivity contribution in [2.45, 2.75) is 0 Å². The molecule has 0 bridgehead atoms. The highest BCUT2D eigenvalue weighted by Gasteiger charge is 2.09. The summed E-state index contributed by atoms with van der Waals surface area (Å²) in [5.41, 5.74) is 3.99. The van der Waals surface area contributed by atoms with E-state index in [0.29, 0.717) is 17.3 Å². The van der Waals surface area contributed by atoms with E-state index >= 15 is 0 Å². The lowest BCUT2D eigenvalue weighted by Gasteiger charge is -2.04. The zero-order valence-corrected chi connectivity index (χ0v) is 16.1. The lowest BCUT2D eigenvalue weighted by atomic mass is 10.2. The van der Waals surface area contributed by atoms with Crippen LogP contribution in [0, 0.1) is 0 Å². The van der Waals surface area contributed by atoms with Crippen LogP contribution in [0.25, 0.3) is 22.8 Å². The molecule has 0 spiro atoms. The van der Waals surface area contributed by atoms with Gasteiger partial charge in [-0.3, -0.25) is 14.9 Å². The van der Waals surface area contributed by atoms with Gasteiger partial charge in [0, 0.05) is 16.8 Å². The Balaban J connectivity index is 1.66. The molecule has 28 heavy (non-hydrogen) atoms. The summed E-state index contributed by atoms with van der Waals surface area (Å²) >= 11 is 1.33. The Labute approximate surface area is 167 Å². The lowest BCUT2D eigenvalue weighted by molar-refractivity contribution is -0.114. The summed E-state index contributed by atoms with van der Waals surface area (Å²) < 4.78 is 5.23. The first-order chi connectivity index (χ1) is 13.7. The molecule has 0 aliphatic rings. The van der Waals surface area contributed by atoms with E-state index < -0.39 is 0 Å². The van der Waals surface area contributed by atoms with Crippen LogP contribution in [0.1, 0.15) is 0 Å². The van der Waals surface area contributed by atoms with Crippen molar-refractivity contribution in [3.8, 4) is 28.5 Å². The van der Waals surface area contributed by atoms with Crippen LogP contribution in [0.4, 0.5) is 5.69 Å². The van der Waals surface area contributed by atoms with E-state index in [1.165, 1.54) is 11.8 Å². The van der Waals surface area contributed by atoms with Gasteiger partial charge in [0.2, 0.25) is 5.91 Å². The number of ether oxygens (including phenoxy) is 1. The number of carbonyl (C=O) groups is 1. The number of H-pyrrole nitrogens is 1. The smallest absolute Gasteiger partial charge is 0.246 e. The number of nitrogens with one attached hydrogen (secondary N) is 2. The number of nitrogens with zero attached hydrogens (tertiary/aromatic N) is 3. The van der Waals surface area contributed by atoms with Crippen LogP contribution in [0.5, 0.6) is 5.75 Å². The molecule has 3 rings (SSSR count). The topological polar surface area (TPSA) is 92.3 Å². The number of thioether (sulfide) groups is 1. The van der Waals surface area contributed by atoms with E-state index in [2.05, 4.69) is 32.1 Å². The molecule has 1 heterocycles. The van der Waals surface area contributed by atoms with Crippen molar-refractivity contribution in [1.82, 2.24) is 15.2 Å². The number of methoxy groups -OCH3 is 1. The second-order valence-corrected chi connectivity index (χ2v) is 6.43. The van der Waals surface area contributed by atoms with E-state index in [0.717, 1.165) is 16.9 Å². The maximum absolute atomic E-state index is 11.8. The van der Waals surface area contributed by atoms with Crippen molar-refractivity contribution in [3.05, 3.63) is 60.5 Å². The summed E-state index contributed by atoms with van der Waals surface area (Å²) in [4.78, 5) is 20.4. The molecule has 142 valence electrons. The fourth-order valence-electron chi connectivity index (χ4n) is 2.40. The quantitative estimate of drug-likeness (QED) is 0.446. The summed E-state index contributed by atoms with van der Waals surface area (Å²) in [7, 11) is 1.62. The van der Waals surface area contributed by atoms with Crippen LogP contribution in [0.2, 0.25) is 0 Å². The molecule has 0 unspecified atom stereocenters. The molecule has 0 aliphatic carbocycles. The van der Waals surface area contributed by atoms with Gasteiger partial charge in [-0.15, -0.1) is 0 Å². The molecule has 3 aromatic rings. The molecule has 1 amide bonds. The second-order valence-electron chi connectivity index (χ2n) is 5.61. The first-order valence-electron chi connectivity index (χ1n) is 8.41. The Morgan fingerprint density at radius 3 is 2.86 bits per heavy atom. The first-order valence-corrected chi connectivity index (χ1v) is 9.35. The van der Waals surface area contributed by atoms with Gasteiger partial charge in [0.05, 0.1) is 12.7 Å². The Kier molecular flexibility index (Phi) is 6.59. The van der Waals surface area contributed by atoms with Crippen LogP contribution in [0.3, 0.4) is 0 Å². The van der Waals surface area contributed by atoms with Crippen LogP contribution in [0.15, 0.2) is 65.5 Å². The van der Waals surface area contributed by atoms with Crippen molar-refractivity contribution in [2.75, 3.05) is 19.0 Å². The molecule has 0 aliphatic heterocycles. The molecule has 1 aromatic heterocycles. The van der Waals surface area contributed by atoms with Crippen molar-refractivity contribution < 1.29 is 9.53 Å². The van der Waals surface area contributed by atoms with E-state index in [9.17, 15) is 4.79 Å². The third-order valence-corrected chi connectivity index (χ3v) is 4.19. The molecule has 2 N–H and O–H groups in total. The summed E-state index contributed by atoms with van der Waals surface area (Å²) in [5.74, 6) is 1.79. The highest BCUT2D eigenvalue weighted by molar-refractivity contribution is 8.14. The van der Waals surface area contributed by atoms with Crippen molar-refractivity contribution in [1.29, 1.82) is 0 Å². The largest absolute Gasteiger partial charge is 0.497 e. The summed E-state index contributed by atoms with van der Waals surface area (Å²) in [6.07, 6.45) is 0. The Morgan fingerprint density at radius 2 is 2.11 bits per heavy atom. The second kappa shape index (κ2) is 9.52. The number of hydrogen-bond acceptors (Lipinski definition) is 6. The number of aromatic amines is 1. The molecule has 2 aromatic carbocycles. The van der Waals surface area contributed by atoms with Gasteiger partial charge in [-0.2, -0.15) is 5.10 Å². The number of benzene rings is 2. The molecule has 0 saturated heterocycles. The number of hydrogen-bond donors (Lipinski definition) is 2. The minimum absolute atomic E-state index is 0.0641. The maximum atomic E-state index is 11.8. The maximum Gasteiger partial charge on any atom is 0.246 e. The molecule has 0 saturated carbocycles. The predicted molar refractivity (Wildman–Crippen MR) is 114 cm³/mol. The van der Waals surface area contributed by atoms with E-state index in [1.54, 1.807) is 18.1 Å². The molecular formula is C20H19N5O2S. The van der Waals surface area contributed by atoms with Gasteiger partial charge in [0.1, 0.15) is 12.3 Å². The molecule has 0 atom stereocenters. The summed E-state index contributed by atoms with van der Waals surface area (Å²) in [6.45, 7) is 3.62. The number of anilines is 1. The van der Waals surface area contributed by atoms with E-state index in [4.69, 9.17) is 4.74 Å². The average Bonchev–Trinajstić information content (AvgIpc) is 3.22.